The number of hydrogen-bond acceptors (Lipinski definition) is 3. The molecule has 6 heteroatoms. The number of benzene rings is 2. The third-order valence-corrected chi connectivity index (χ3v) is 6.26. The van der Waals surface area contributed by atoms with Crippen LogP contribution in [0.2, 0.25) is 19.6 Å². The molecule has 1 amide bonds. The lowest BCUT2D eigenvalue weighted by Crippen LogP contribution is -2.26. The third-order valence-electron chi connectivity index (χ3n) is 4.04. The van der Waals surface area contributed by atoms with Gasteiger partial charge in [-0.25, -0.2) is 9.88 Å². The highest BCUT2D eigenvalue weighted by molar-refractivity contribution is 9.10. The summed E-state index contributed by atoms with van der Waals surface area (Å²) < 4.78 is 1.02. The van der Waals surface area contributed by atoms with Gasteiger partial charge < -0.3 is 0 Å². The average Bonchev–Trinajstić information content (AvgIpc) is 3.09. The molecule has 0 aliphatic heterocycles. The van der Waals surface area contributed by atoms with Crippen molar-refractivity contribution in [3.8, 4) is 22.7 Å². The number of nitrogens with zero attached hydrogens (tertiary/aromatic N) is 2. The van der Waals surface area contributed by atoms with E-state index in [4.69, 9.17) is 4.98 Å². The first-order valence-corrected chi connectivity index (χ1v) is 14.5. The maximum Gasteiger partial charge on any atom is 0.308 e. The summed E-state index contributed by atoms with van der Waals surface area (Å²) in [5, 5.41) is 2.61. The zero-order valence-electron chi connectivity index (χ0n) is 17.2. The van der Waals surface area contributed by atoms with Gasteiger partial charge in [0.25, 0.3) is 0 Å². The van der Waals surface area contributed by atoms with Gasteiger partial charge in [-0.15, -0.1) is 16.9 Å². The maximum absolute atomic E-state index is 13.1. The Bertz CT molecular complexity index is 1080. The number of carbonyl (C=O) groups excluding carboxylic acids is 1. The Kier molecular flexibility index (Phi) is 6.42. The van der Waals surface area contributed by atoms with Crippen molar-refractivity contribution in [3.05, 3.63) is 63.4 Å². The molecule has 2 aromatic carbocycles. The first-order chi connectivity index (χ1) is 13.6. The number of aryl methyl sites for hydroxylation is 2. The molecule has 0 saturated carbocycles. The van der Waals surface area contributed by atoms with Crippen LogP contribution in [0, 0.1) is 25.3 Å². The quantitative estimate of drug-likeness (QED) is 0.306. The van der Waals surface area contributed by atoms with Gasteiger partial charge in [0, 0.05) is 15.4 Å². The second kappa shape index (κ2) is 8.66. The van der Waals surface area contributed by atoms with Crippen LogP contribution >= 0.6 is 27.3 Å². The molecule has 0 saturated heterocycles. The summed E-state index contributed by atoms with van der Waals surface area (Å²) in [4.78, 5) is 19.5. The Morgan fingerprint density at radius 3 is 2.28 bits per heavy atom. The van der Waals surface area contributed by atoms with Gasteiger partial charge in [-0.2, -0.15) is 0 Å². The third kappa shape index (κ3) is 5.66. The molecule has 1 aromatic heterocycles. The normalized spacial score (nSPS) is 11.0. The highest BCUT2D eigenvalue weighted by Crippen LogP contribution is 2.33. The fraction of sp³-hybridized carbons (Fsp3) is 0.217. The Hall–Kier alpha value is -2.20. The summed E-state index contributed by atoms with van der Waals surface area (Å²) in [5.41, 5.74) is 8.04. The zero-order chi connectivity index (χ0) is 21.2. The minimum absolute atomic E-state index is 0.242. The number of rotatable bonds is 3. The van der Waals surface area contributed by atoms with E-state index < -0.39 is 8.07 Å². The molecular weight excluding hydrogens is 460 g/mol. The molecule has 0 bridgehead atoms. The molecule has 148 valence electrons. The number of hydrogen-bond donors (Lipinski definition) is 0. The first-order valence-electron chi connectivity index (χ1n) is 9.29. The molecule has 0 N–H and O–H groups in total. The van der Waals surface area contributed by atoms with Crippen LogP contribution in [0.3, 0.4) is 0 Å². The maximum atomic E-state index is 13.1. The summed E-state index contributed by atoms with van der Waals surface area (Å²) in [6.07, 6.45) is 0. The van der Waals surface area contributed by atoms with E-state index in [1.807, 2.05) is 55.6 Å². The van der Waals surface area contributed by atoms with Crippen LogP contribution in [0.25, 0.3) is 11.3 Å². The second-order valence-corrected chi connectivity index (χ2v) is 14.5. The molecule has 3 rings (SSSR count). The van der Waals surface area contributed by atoms with E-state index in [-0.39, 0.29) is 5.91 Å². The fourth-order valence-corrected chi connectivity index (χ4v) is 4.41. The van der Waals surface area contributed by atoms with E-state index in [9.17, 15) is 4.79 Å². The number of halogens is 1. The van der Waals surface area contributed by atoms with E-state index in [0.717, 1.165) is 32.5 Å². The molecular formula is C23H23BrN2OSSi. The summed E-state index contributed by atoms with van der Waals surface area (Å²) in [5.74, 6) is 2.63. The predicted molar refractivity (Wildman–Crippen MR) is 129 cm³/mol. The van der Waals surface area contributed by atoms with Crippen LogP contribution in [-0.2, 0) is 4.79 Å². The second-order valence-electron chi connectivity index (χ2n) is 8.01. The molecule has 0 unspecified atom stereocenters. The lowest BCUT2D eigenvalue weighted by molar-refractivity contribution is -0.112. The Morgan fingerprint density at radius 1 is 1.07 bits per heavy atom. The zero-order valence-corrected chi connectivity index (χ0v) is 20.6. The van der Waals surface area contributed by atoms with E-state index in [1.165, 1.54) is 11.3 Å². The number of aromatic nitrogens is 1. The van der Waals surface area contributed by atoms with E-state index >= 15 is 0 Å². The van der Waals surface area contributed by atoms with Crippen molar-refractivity contribution in [1.29, 1.82) is 0 Å². The molecule has 0 spiro atoms. The molecule has 0 aliphatic rings. The molecule has 3 aromatic rings. The standard InChI is InChI=1S/C23H23BrN2OSSi/c1-16-12-17(2)14-20(13-16)26(22(27)10-11-29(3,4)5)23-25-21(15-28-23)18-6-8-19(24)9-7-18/h6-9,12-15H,1-5H3. The smallest absolute Gasteiger partial charge is 0.258 e. The monoisotopic (exact) mass is 482 g/mol. The SMILES string of the molecule is Cc1cc(C)cc(N(C(=O)C#C[Si](C)(C)C)c2nc(-c3ccc(Br)cc3)cs2)c1. The van der Waals surface area contributed by atoms with Gasteiger partial charge in [0.05, 0.1) is 11.4 Å². The summed E-state index contributed by atoms with van der Waals surface area (Å²) >= 11 is 4.91. The summed E-state index contributed by atoms with van der Waals surface area (Å²) in [7, 11) is -1.67. The Balaban J connectivity index is 2.06. The lowest BCUT2D eigenvalue weighted by Gasteiger charge is -2.19. The topological polar surface area (TPSA) is 33.2 Å². The van der Waals surface area contributed by atoms with Crippen LogP contribution in [0.1, 0.15) is 11.1 Å². The van der Waals surface area contributed by atoms with Crippen LogP contribution < -0.4 is 4.90 Å². The van der Waals surface area contributed by atoms with E-state index in [0.29, 0.717) is 5.13 Å². The lowest BCUT2D eigenvalue weighted by atomic mass is 10.1. The van der Waals surface area contributed by atoms with Crippen molar-refractivity contribution in [2.24, 2.45) is 0 Å². The summed E-state index contributed by atoms with van der Waals surface area (Å²) in [6, 6.07) is 14.1. The van der Waals surface area contributed by atoms with Crippen LogP contribution in [-0.4, -0.2) is 19.0 Å². The van der Waals surface area contributed by atoms with Crippen LogP contribution in [0.15, 0.2) is 52.3 Å². The minimum Gasteiger partial charge on any atom is -0.258 e. The average molecular weight is 484 g/mol. The highest BCUT2D eigenvalue weighted by atomic mass is 79.9. The number of thiazole rings is 1. The van der Waals surface area contributed by atoms with Gasteiger partial charge in [-0.3, -0.25) is 4.79 Å². The van der Waals surface area contributed by atoms with Gasteiger partial charge in [-0.1, -0.05) is 53.8 Å². The largest absolute Gasteiger partial charge is 0.308 e. The fourth-order valence-electron chi connectivity index (χ4n) is 2.81. The number of anilines is 2. The van der Waals surface area contributed by atoms with Crippen LogP contribution in [0.4, 0.5) is 10.8 Å². The van der Waals surface area contributed by atoms with Gasteiger partial charge >= 0.3 is 5.91 Å². The molecule has 0 fully saturated rings. The van der Waals surface area contributed by atoms with E-state index in [2.05, 4.69) is 53.1 Å². The molecule has 3 nitrogen and oxygen atoms in total. The Morgan fingerprint density at radius 2 is 1.69 bits per heavy atom. The van der Waals surface area contributed by atoms with Gasteiger partial charge in [0.15, 0.2) is 5.13 Å². The minimum atomic E-state index is -1.67. The number of carbonyl (C=O) groups is 1. The van der Waals surface area contributed by atoms with Crippen molar-refractivity contribution >= 4 is 52.1 Å². The Labute approximate surface area is 185 Å². The van der Waals surface area contributed by atoms with E-state index in [1.54, 1.807) is 4.90 Å². The first kappa shape index (κ1) is 21.5. The van der Waals surface area contributed by atoms with Crippen molar-refractivity contribution in [2.75, 3.05) is 4.90 Å². The van der Waals surface area contributed by atoms with Crippen LogP contribution in [0.5, 0.6) is 0 Å². The van der Waals surface area contributed by atoms with Gasteiger partial charge in [0.1, 0.15) is 8.07 Å². The highest BCUT2D eigenvalue weighted by Gasteiger charge is 2.21. The molecule has 0 aliphatic carbocycles. The molecule has 0 atom stereocenters. The van der Waals surface area contributed by atoms with Gasteiger partial charge in [0.2, 0.25) is 0 Å². The van der Waals surface area contributed by atoms with Crippen molar-refractivity contribution in [1.82, 2.24) is 4.98 Å². The summed E-state index contributed by atoms with van der Waals surface area (Å²) in [6.45, 7) is 10.4. The molecule has 29 heavy (non-hydrogen) atoms. The predicted octanol–water partition coefficient (Wildman–Crippen LogP) is 6.73. The number of amides is 1. The van der Waals surface area contributed by atoms with Gasteiger partial charge in [-0.05, 0) is 55.2 Å². The molecule has 0 radical (unpaired) electrons. The molecule has 1 heterocycles. The van der Waals surface area contributed by atoms with Crippen molar-refractivity contribution in [3.63, 3.8) is 0 Å². The van der Waals surface area contributed by atoms with Crippen molar-refractivity contribution in [2.45, 2.75) is 33.5 Å². The van der Waals surface area contributed by atoms with Crippen molar-refractivity contribution < 1.29 is 4.79 Å².